The molecule has 0 fully saturated rings. The molecule has 9 heteroatoms. The Morgan fingerprint density at radius 1 is 0.720 bits per heavy atom. The van der Waals surface area contributed by atoms with Gasteiger partial charge in [0, 0.05) is 6.42 Å². The maximum atomic E-state index is 12.7. The maximum absolute atomic E-state index is 12.7. The number of allylic oxidation sites excluding steroid dienone is 12. The fourth-order valence-electron chi connectivity index (χ4n) is 4.86. The zero-order valence-corrected chi connectivity index (χ0v) is 33.2. The first-order valence-electron chi connectivity index (χ1n) is 19.3. The number of carbonyl (C=O) groups is 1. The Bertz CT molecular complexity index is 1040. The molecule has 3 unspecified atom stereocenters. The van der Waals surface area contributed by atoms with Crippen LogP contribution in [0.15, 0.2) is 72.9 Å². The van der Waals surface area contributed by atoms with E-state index in [1.54, 1.807) is 0 Å². The molecule has 8 nitrogen and oxygen atoms in total. The molecule has 0 aliphatic heterocycles. The number of unbranched alkanes of at least 4 members (excludes halogenated alkanes) is 8. The van der Waals surface area contributed by atoms with Crippen LogP contribution in [0.5, 0.6) is 0 Å². The fraction of sp³-hybridized carbons (Fsp3) is 0.683. The van der Waals surface area contributed by atoms with Crippen LogP contribution in [0, 0.1) is 0 Å². The van der Waals surface area contributed by atoms with Crippen LogP contribution in [0.4, 0.5) is 0 Å². The molecule has 0 bridgehead atoms. The summed E-state index contributed by atoms with van der Waals surface area (Å²) in [5.41, 5.74) is 0. The number of hydrogen-bond donors (Lipinski definition) is 2. The van der Waals surface area contributed by atoms with Crippen molar-refractivity contribution in [2.45, 2.75) is 142 Å². The quantitative estimate of drug-likeness (QED) is 0.0303. The Kier molecular flexibility index (Phi) is 31.5. The Balaban J connectivity index is 4.26. The van der Waals surface area contributed by atoms with Gasteiger partial charge in [-0.3, -0.25) is 9.36 Å². The molecule has 0 heterocycles. The van der Waals surface area contributed by atoms with Crippen molar-refractivity contribution in [1.29, 1.82) is 0 Å². The number of nitrogens with one attached hydrogen (secondary N) is 1. The summed E-state index contributed by atoms with van der Waals surface area (Å²) in [6.07, 6.45) is 42.3. The normalized spacial score (nSPS) is 15.4. The minimum Gasteiger partial charge on any atom is -0.756 e. The van der Waals surface area contributed by atoms with E-state index in [4.69, 9.17) is 9.05 Å². The van der Waals surface area contributed by atoms with Crippen molar-refractivity contribution >= 4 is 13.7 Å². The average Bonchev–Trinajstić information content (AvgIpc) is 3.06. The lowest BCUT2D eigenvalue weighted by molar-refractivity contribution is -0.870. The summed E-state index contributed by atoms with van der Waals surface area (Å²) in [7, 11) is 1.26. The van der Waals surface area contributed by atoms with E-state index in [9.17, 15) is 19.4 Å². The summed E-state index contributed by atoms with van der Waals surface area (Å²) < 4.78 is 23.0. The molecule has 50 heavy (non-hydrogen) atoms. The number of nitrogens with zero attached hydrogens (tertiary/aromatic N) is 1. The SMILES string of the molecule is CC/C=C\C/C=C\C/C=C\C/C=C\C/C=C\C/C=C\CCCCCCC(=O)NC(COP(=O)([O-])OCC[N+](C)(C)C)C(O)CCCCCCC. The molecule has 0 aliphatic carbocycles. The zero-order valence-electron chi connectivity index (χ0n) is 32.3. The molecule has 288 valence electrons. The van der Waals surface area contributed by atoms with Gasteiger partial charge in [-0.25, -0.2) is 0 Å². The minimum absolute atomic E-state index is 0.00137. The third kappa shape index (κ3) is 34.4. The molecule has 0 aromatic carbocycles. The van der Waals surface area contributed by atoms with E-state index in [1.165, 1.54) is 0 Å². The van der Waals surface area contributed by atoms with Crippen LogP contribution >= 0.6 is 7.82 Å². The average molecular weight is 721 g/mol. The Labute approximate surface area is 306 Å². The van der Waals surface area contributed by atoms with E-state index >= 15 is 0 Å². The van der Waals surface area contributed by atoms with E-state index in [1.807, 2.05) is 21.1 Å². The summed E-state index contributed by atoms with van der Waals surface area (Å²) in [4.78, 5) is 25.0. The van der Waals surface area contributed by atoms with Crippen LogP contribution in [-0.2, 0) is 18.4 Å². The number of quaternary nitrogens is 1. The van der Waals surface area contributed by atoms with Crippen molar-refractivity contribution in [3.63, 3.8) is 0 Å². The number of rotatable bonds is 33. The highest BCUT2D eigenvalue weighted by atomic mass is 31.2. The van der Waals surface area contributed by atoms with Crippen molar-refractivity contribution in [3.8, 4) is 0 Å². The molecule has 0 spiro atoms. The summed E-state index contributed by atoms with van der Waals surface area (Å²) in [6.45, 7) is 4.45. The number of hydrogen-bond acceptors (Lipinski definition) is 6. The molecule has 1 amide bonds. The Morgan fingerprint density at radius 3 is 1.76 bits per heavy atom. The van der Waals surface area contributed by atoms with Gasteiger partial charge in [-0.15, -0.1) is 0 Å². The topological polar surface area (TPSA) is 108 Å². The predicted molar refractivity (Wildman–Crippen MR) is 210 cm³/mol. The molecule has 0 radical (unpaired) electrons. The third-order valence-corrected chi connectivity index (χ3v) is 8.92. The summed E-state index contributed by atoms with van der Waals surface area (Å²) in [6, 6.07) is -0.814. The minimum atomic E-state index is -4.56. The number of amides is 1. The summed E-state index contributed by atoms with van der Waals surface area (Å²) >= 11 is 0. The molecule has 0 saturated heterocycles. The lowest BCUT2D eigenvalue weighted by Gasteiger charge is -2.30. The second-order valence-corrected chi connectivity index (χ2v) is 15.3. The maximum Gasteiger partial charge on any atom is 0.268 e. The van der Waals surface area contributed by atoms with Crippen LogP contribution in [0.3, 0.4) is 0 Å². The third-order valence-electron chi connectivity index (χ3n) is 7.96. The Morgan fingerprint density at radius 2 is 1.22 bits per heavy atom. The highest BCUT2D eigenvalue weighted by molar-refractivity contribution is 7.45. The standard InChI is InChI=1S/C41H73N2O6P/c1-6-8-10-12-13-14-15-16-17-18-19-20-21-22-23-24-25-26-27-28-29-31-33-35-41(45)42-39(40(44)34-32-30-11-9-7-2)38-49-50(46,47)48-37-36-43(3,4)5/h8,10,13-14,16-17,19-20,22-23,25-26,39-40,44H,6-7,9,11-12,15,18,21,24,27-38H2,1-5H3,(H-,42,45,46,47)/b10-8-,14-13-,17-16-,20-19-,23-22-,26-25-. The number of aliphatic hydroxyl groups is 1. The molecule has 0 aromatic heterocycles. The highest BCUT2D eigenvalue weighted by Crippen LogP contribution is 2.38. The number of phosphoric ester groups is 1. The van der Waals surface area contributed by atoms with Gasteiger partial charge in [0.25, 0.3) is 7.82 Å². The van der Waals surface area contributed by atoms with Gasteiger partial charge in [0.1, 0.15) is 13.2 Å². The van der Waals surface area contributed by atoms with Crippen molar-refractivity contribution in [2.75, 3.05) is 40.9 Å². The molecular formula is C41H73N2O6P. The largest absolute Gasteiger partial charge is 0.756 e. The van der Waals surface area contributed by atoms with Crippen LogP contribution in [0.2, 0.25) is 0 Å². The van der Waals surface area contributed by atoms with Gasteiger partial charge >= 0.3 is 0 Å². The first-order valence-corrected chi connectivity index (χ1v) is 20.7. The summed E-state index contributed by atoms with van der Waals surface area (Å²) in [5.74, 6) is -0.202. The molecule has 0 saturated carbocycles. The van der Waals surface area contributed by atoms with Gasteiger partial charge in [0.05, 0.1) is 39.9 Å². The second-order valence-electron chi connectivity index (χ2n) is 13.9. The van der Waals surface area contributed by atoms with Crippen LogP contribution < -0.4 is 10.2 Å². The molecule has 3 atom stereocenters. The molecule has 0 rings (SSSR count). The van der Waals surface area contributed by atoms with Crippen molar-refractivity contribution in [1.82, 2.24) is 5.32 Å². The van der Waals surface area contributed by atoms with Gasteiger partial charge in [0.15, 0.2) is 0 Å². The predicted octanol–water partition coefficient (Wildman–Crippen LogP) is 9.44. The van der Waals surface area contributed by atoms with Crippen LogP contribution in [-0.4, -0.2) is 68.5 Å². The summed E-state index contributed by atoms with van der Waals surface area (Å²) in [5, 5.41) is 13.6. The van der Waals surface area contributed by atoms with E-state index in [0.717, 1.165) is 103 Å². The highest BCUT2D eigenvalue weighted by Gasteiger charge is 2.24. The van der Waals surface area contributed by atoms with Crippen molar-refractivity contribution in [2.24, 2.45) is 0 Å². The van der Waals surface area contributed by atoms with E-state index in [-0.39, 0.29) is 19.1 Å². The van der Waals surface area contributed by atoms with Gasteiger partial charge < -0.3 is 28.8 Å². The lowest BCUT2D eigenvalue weighted by Crippen LogP contribution is -2.46. The van der Waals surface area contributed by atoms with Gasteiger partial charge in [0.2, 0.25) is 5.91 Å². The van der Waals surface area contributed by atoms with Crippen LogP contribution in [0.1, 0.15) is 129 Å². The van der Waals surface area contributed by atoms with Crippen molar-refractivity contribution < 1.29 is 32.9 Å². The van der Waals surface area contributed by atoms with E-state index < -0.39 is 20.0 Å². The molecule has 2 N–H and O–H groups in total. The van der Waals surface area contributed by atoms with E-state index in [0.29, 0.717) is 23.9 Å². The number of carbonyl (C=O) groups excluding carboxylic acids is 1. The van der Waals surface area contributed by atoms with Crippen LogP contribution in [0.25, 0.3) is 0 Å². The molecule has 0 aliphatic rings. The lowest BCUT2D eigenvalue weighted by atomic mass is 10.0. The fourth-order valence-corrected chi connectivity index (χ4v) is 5.59. The van der Waals surface area contributed by atoms with Crippen molar-refractivity contribution in [3.05, 3.63) is 72.9 Å². The smallest absolute Gasteiger partial charge is 0.268 e. The monoisotopic (exact) mass is 721 g/mol. The number of likely N-dealkylation sites (N-methyl/N-ethyl adjacent to an activating group) is 1. The second kappa shape index (κ2) is 32.8. The first kappa shape index (κ1) is 47.9. The molecular weight excluding hydrogens is 647 g/mol. The zero-order chi connectivity index (χ0) is 37.2. The number of aliphatic hydroxyl groups excluding tert-OH is 1. The molecule has 0 aromatic rings. The van der Waals surface area contributed by atoms with Gasteiger partial charge in [-0.05, 0) is 64.2 Å². The number of phosphoric acid groups is 1. The van der Waals surface area contributed by atoms with E-state index in [2.05, 4.69) is 92.1 Å². The van der Waals surface area contributed by atoms with Gasteiger partial charge in [-0.2, -0.15) is 0 Å². The van der Waals surface area contributed by atoms with Gasteiger partial charge in [-0.1, -0.05) is 132 Å². The first-order chi connectivity index (χ1) is 24.0. The Hall–Kier alpha value is -2.06.